The summed E-state index contributed by atoms with van der Waals surface area (Å²) in [6.45, 7) is 0. The van der Waals surface area contributed by atoms with Gasteiger partial charge in [0.05, 0.1) is 22.1 Å². The van der Waals surface area contributed by atoms with Crippen molar-refractivity contribution in [2.45, 2.75) is 0 Å². The molecule has 0 N–H and O–H groups in total. The highest BCUT2D eigenvalue weighted by Crippen LogP contribution is 2.46. The van der Waals surface area contributed by atoms with Gasteiger partial charge in [0.15, 0.2) is 0 Å². The van der Waals surface area contributed by atoms with E-state index < -0.39 is 0 Å². The second kappa shape index (κ2) is 12.7. The van der Waals surface area contributed by atoms with Crippen LogP contribution >= 0.6 is 11.3 Å². The zero-order valence-corrected chi connectivity index (χ0v) is 31.7. The van der Waals surface area contributed by atoms with Crippen molar-refractivity contribution in [3.63, 3.8) is 0 Å². The number of hydrogen-bond donors (Lipinski definition) is 0. The smallest absolute Gasteiger partial charge is 0.0619 e. The maximum Gasteiger partial charge on any atom is 0.0619 e. The Morgan fingerprint density at radius 3 is 1.75 bits per heavy atom. The Morgan fingerprint density at radius 1 is 0.316 bits per heavy atom. The molecule has 0 radical (unpaired) electrons. The lowest BCUT2D eigenvalue weighted by Crippen LogP contribution is -1.96. The van der Waals surface area contributed by atoms with Gasteiger partial charge in [-0.3, -0.25) is 0 Å². The SMILES string of the molecule is c1ccc(-c2cccc(-c3cc(-n4c5ccccc5c5c(-c6cccc7c8ccccc8n(-c8ccccc8)c67)cccc54)cc4c3sc3ccccc34)c2)cc1. The van der Waals surface area contributed by atoms with Crippen molar-refractivity contribution in [2.24, 2.45) is 0 Å². The van der Waals surface area contributed by atoms with Crippen molar-refractivity contribution in [1.82, 2.24) is 9.13 Å². The third-order valence-electron chi connectivity index (χ3n) is 11.7. The van der Waals surface area contributed by atoms with Crippen molar-refractivity contribution in [2.75, 3.05) is 0 Å². The molecule has 9 aromatic carbocycles. The molecule has 3 heteroatoms. The van der Waals surface area contributed by atoms with E-state index in [0.29, 0.717) is 0 Å². The zero-order valence-electron chi connectivity index (χ0n) is 30.9. The van der Waals surface area contributed by atoms with Gasteiger partial charge in [-0.2, -0.15) is 0 Å². The van der Waals surface area contributed by atoms with E-state index in [-0.39, 0.29) is 0 Å². The van der Waals surface area contributed by atoms with Crippen LogP contribution in [-0.2, 0) is 0 Å². The zero-order chi connectivity index (χ0) is 37.5. The van der Waals surface area contributed by atoms with Crippen molar-refractivity contribution in [3.8, 4) is 44.8 Å². The number of fused-ring (bicyclic) bond motifs is 9. The number of aromatic nitrogens is 2. The number of rotatable bonds is 5. The molecule has 0 saturated heterocycles. The maximum absolute atomic E-state index is 2.50. The number of para-hydroxylation sites is 4. The van der Waals surface area contributed by atoms with E-state index in [1.807, 2.05) is 11.3 Å². The Morgan fingerprint density at radius 2 is 0.912 bits per heavy atom. The molecular formula is C54H34N2S. The van der Waals surface area contributed by atoms with E-state index in [9.17, 15) is 0 Å². The van der Waals surface area contributed by atoms with Crippen LogP contribution in [0.25, 0.3) is 109 Å². The van der Waals surface area contributed by atoms with Crippen molar-refractivity contribution < 1.29 is 0 Å². The van der Waals surface area contributed by atoms with Gasteiger partial charge in [-0.15, -0.1) is 11.3 Å². The first-order chi connectivity index (χ1) is 28.3. The van der Waals surface area contributed by atoms with Crippen LogP contribution in [-0.4, -0.2) is 9.13 Å². The molecule has 12 rings (SSSR count). The number of nitrogens with zero attached hydrogens (tertiary/aromatic N) is 2. The van der Waals surface area contributed by atoms with Gasteiger partial charge >= 0.3 is 0 Å². The third kappa shape index (κ3) is 4.89. The van der Waals surface area contributed by atoms with Crippen LogP contribution in [0.5, 0.6) is 0 Å². The molecule has 0 amide bonds. The molecule has 57 heavy (non-hydrogen) atoms. The minimum absolute atomic E-state index is 1.16. The molecule has 12 aromatic rings. The molecule has 0 aliphatic heterocycles. The summed E-state index contributed by atoms with van der Waals surface area (Å²) in [5, 5.41) is 7.59. The van der Waals surface area contributed by atoms with Crippen molar-refractivity contribution >= 4 is 75.1 Å². The van der Waals surface area contributed by atoms with E-state index in [1.54, 1.807) is 0 Å². The summed E-state index contributed by atoms with van der Waals surface area (Å²) >= 11 is 1.89. The second-order valence-electron chi connectivity index (χ2n) is 14.9. The molecule has 2 nitrogen and oxygen atoms in total. The molecule has 0 bridgehead atoms. The summed E-state index contributed by atoms with van der Waals surface area (Å²) in [4.78, 5) is 0. The topological polar surface area (TPSA) is 9.86 Å². The lowest BCUT2D eigenvalue weighted by atomic mass is 9.97. The highest BCUT2D eigenvalue weighted by Gasteiger charge is 2.22. The van der Waals surface area contributed by atoms with E-state index in [4.69, 9.17) is 0 Å². The van der Waals surface area contributed by atoms with Gasteiger partial charge in [0.25, 0.3) is 0 Å². The Hall–Kier alpha value is -7.20. The normalized spacial score (nSPS) is 11.9. The van der Waals surface area contributed by atoms with Crippen LogP contribution in [0.1, 0.15) is 0 Å². The first-order valence-corrected chi connectivity index (χ1v) is 20.3. The van der Waals surface area contributed by atoms with E-state index >= 15 is 0 Å². The summed E-state index contributed by atoms with van der Waals surface area (Å²) in [5.41, 5.74) is 14.5. The molecule has 0 atom stereocenters. The predicted molar refractivity (Wildman–Crippen MR) is 244 cm³/mol. The molecule has 266 valence electrons. The average Bonchev–Trinajstić information content (AvgIpc) is 3.95. The van der Waals surface area contributed by atoms with Gasteiger partial charge in [0.2, 0.25) is 0 Å². The Balaban J connectivity index is 1.16. The van der Waals surface area contributed by atoms with E-state index in [0.717, 1.165) is 11.4 Å². The van der Waals surface area contributed by atoms with Crippen LogP contribution in [0.15, 0.2) is 206 Å². The summed E-state index contributed by atoms with van der Waals surface area (Å²) in [5.74, 6) is 0. The molecule has 3 aromatic heterocycles. The molecule has 3 heterocycles. The van der Waals surface area contributed by atoms with Crippen LogP contribution in [0.4, 0.5) is 0 Å². The molecular weight excluding hydrogens is 709 g/mol. The monoisotopic (exact) mass is 742 g/mol. The average molecular weight is 743 g/mol. The molecule has 0 unspecified atom stereocenters. The van der Waals surface area contributed by atoms with E-state index in [1.165, 1.54) is 97.2 Å². The standard InChI is InChI=1S/C54H34N2S/c1-3-16-35(17-4-1)36-18-13-19-37(32-36)46-33-39(34-47-41-23-9-12-31-51(41)57-54(46)47)55-49-29-11-8-24-45(49)52-42(25-15-30-50(52)55)44-27-14-26-43-40-22-7-10-28-48(40)56(53(43)44)38-20-5-2-6-21-38/h1-34H. The van der Waals surface area contributed by atoms with Crippen LogP contribution < -0.4 is 0 Å². The molecule has 0 aliphatic carbocycles. The molecule has 0 aliphatic rings. The number of benzene rings is 9. The van der Waals surface area contributed by atoms with Crippen molar-refractivity contribution in [1.29, 1.82) is 0 Å². The number of thiophene rings is 1. The first kappa shape index (κ1) is 32.1. The van der Waals surface area contributed by atoms with Gasteiger partial charge in [-0.05, 0) is 76.9 Å². The van der Waals surface area contributed by atoms with Gasteiger partial charge < -0.3 is 9.13 Å². The van der Waals surface area contributed by atoms with Gasteiger partial charge in [0, 0.05) is 64.2 Å². The Labute approximate surface area is 333 Å². The largest absolute Gasteiger partial charge is 0.309 e. The molecule has 0 fully saturated rings. The summed E-state index contributed by atoms with van der Waals surface area (Å²) in [7, 11) is 0. The Kier molecular flexibility index (Phi) is 7.13. The van der Waals surface area contributed by atoms with Crippen LogP contribution in [0, 0.1) is 0 Å². The fourth-order valence-corrected chi connectivity index (χ4v) is 10.5. The van der Waals surface area contributed by atoms with Gasteiger partial charge in [-0.25, -0.2) is 0 Å². The fourth-order valence-electron chi connectivity index (χ4n) is 9.26. The quantitative estimate of drug-likeness (QED) is 0.166. The van der Waals surface area contributed by atoms with Gasteiger partial charge in [-0.1, -0.05) is 152 Å². The second-order valence-corrected chi connectivity index (χ2v) is 15.9. The van der Waals surface area contributed by atoms with Crippen LogP contribution in [0.2, 0.25) is 0 Å². The fraction of sp³-hybridized carbons (Fsp3) is 0. The summed E-state index contributed by atoms with van der Waals surface area (Å²) in [6, 6.07) is 75.6. The first-order valence-electron chi connectivity index (χ1n) is 19.5. The Bertz CT molecular complexity index is 3510. The van der Waals surface area contributed by atoms with Crippen molar-refractivity contribution in [3.05, 3.63) is 206 Å². The molecule has 0 spiro atoms. The minimum Gasteiger partial charge on any atom is -0.309 e. The molecule has 0 saturated carbocycles. The lowest BCUT2D eigenvalue weighted by Gasteiger charge is -2.14. The van der Waals surface area contributed by atoms with E-state index in [2.05, 4.69) is 215 Å². The van der Waals surface area contributed by atoms with Crippen LogP contribution in [0.3, 0.4) is 0 Å². The highest BCUT2D eigenvalue weighted by atomic mass is 32.1. The predicted octanol–water partition coefficient (Wildman–Crippen LogP) is 15.2. The lowest BCUT2D eigenvalue weighted by molar-refractivity contribution is 1.18. The van der Waals surface area contributed by atoms with Gasteiger partial charge in [0.1, 0.15) is 0 Å². The minimum atomic E-state index is 1.16. The summed E-state index contributed by atoms with van der Waals surface area (Å²) in [6.07, 6.45) is 0. The third-order valence-corrected chi connectivity index (χ3v) is 12.9. The summed E-state index contributed by atoms with van der Waals surface area (Å²) < 4.78 is 7.56. The highest BCUT2D eigenvalue weighted by molar-refractivity contribution is 7.26. The number of hydrogen-bond acceptors (Lipinski definition) is 1. The maximum atomic E-state index is 2.50.